The van der Waals surface area contributed by atoms with Gasteiger partial charge in [-0.15, -0.1) is 0 Å². The van der Waals surface area contributed by atoms with Crippen molar-refractivity contribution >= 4 is 50.3 Å². The van der Waals surface area contributed by atoms with Crippen LogP contribution in [0, 0.1) is 0 Å². The van der Waals surface area contributed by atoms with Gasteiger partial charge in [-0.25, -0.2) is 0 Å². The fourth-order valence-corrected chi connectivity index (χ4v) is 7.39. The zero-order valence-corrected chi connectivity index (χ0v) is 27.0. The van der Waals surface area contributed by atoms with E-state index < -0.39 is 0 Å². The highest BCUT2D eigenvalue weighted by Crippen LogP contribution is 2.45. The van der Waals surface area contributed by atoms with E-state index in [0.717, 1.165) is 25.3 Å². The molecule has 4 heteroatoms. The molecule has 6 aromatic rings. The molecule has 5 aromatic carbocycles. The molecule has 0 bridgehead atoms. The van der Waals surface area contributed by atoms with Crippen LogP contribution in [-0.4, -0.2) is 18.0 Å². The van der Waals surface area contributed by atoms with Gasteiger partial charge in [-0.3, -0.25) is 4.90 Å². The van der Waals surface area contributed by atoms with E-state index in [1.54, 1.807) is 0 Å². The Morgan fingerprint density at radius 2 is 1.38 bits per heavy atom. The average Bonchev–Trinajstić information content (AvgIpc) is 3.41. The van der Waals surface area contributed by atoms with Crippen molar-refractivity contribution in [2.45, 2.75) is 20.4 Å². The molecule has 0 saturated heterocycles. The van der Waals surface area contributed by atoms with Crippen LogP contribution in [0.5, 0.6) is 0 Å². The predicted octanol–water partition coefficient (Wildman–Crippen LogP) is 9.97. The van der Waals surface area contributed by atoms with Gasteiger partial charge >= 0.3 is 0 Å². The first-order chi connectivity index (χ1) is 22.1. The van der Waals surface area contributed by atoms with Crippen molar-refractivity contribution in [2.75, 3.05) is 18.0 Å². The lowest BCUT2D eigenvalue weighted by Gasteiger charge is -2.34. The van der Waals surface area contributed by atoms with E-state index in [1.807, 2.05) is 11.3 Å². The van der Waals surface area contributed by atoms with Gasteiger partial charge in [-0.2, -0.15) is 4.57 Å². The molecule has 1 aromatic heterocycles. The molecule has 0 aliphatic carbocycles. The van der Waals surface area contributed by atoms with Gasteiger partial charge in [0.25, 0.3) is 5.01 Å². The van der Waals surface area contributed by atoms with Crippen molar-refractivity contribution < 1.29 is 4.57 Å². The van der Waals surface area contributed by atoms with Crippen molar-refractivity contribution in [2.24, 2.45) is 7.05 Å². The second kappa shape index (κ2) is 12.7. The summed E-state index contributed by atoms with van der Waals surface area (Å²) in [5, 5.41) is 1.22. The minimum Gasteiger partial charge on any atom is -0.309 e. The number of aromatic nitrogens is 1. The second-order valence-corrected chi connectivity index (χ2v) is 12.6. The summed E-state index contributed by atoms with van der Waals surface area (Å²) in [5.74, 6) is 0. The van der Waals surface area contributed by atoms with E-state index in [1.165, 1.54) is 60.0 Å². The monoisotopic (exact) mass is 604 g/mol. The van der Waals surface area contributed by atoms with Gasteiger partial charge in [0.1, 0.15) is 11.7 Å². The van der Waals surface area contributed by atoms with Gasteiger partial charge < -0.3 is 4.90 Å². The lowest BCUT2D eigenvalue weighted by atomic mass is 9.93. The number of rotatable bonds is 8. The van der Waals surface area contributed by atoms with E-state index in [9.17, 15) is 0 Å². The zero-order valence-electron chi connectivity index (χ0n) is 26.2. The summed E-state index contributed by atoms with van der Waals surface area (Å²) in [4.78, 5) is 4.86. The Bertz CT molecular complexity index is 2000. The minimum atomic E-state index is 0.969. The average molecular weight is 605 g/mol. The molecule has 0 saturated carbocycles. The number of hydrogen-bond donors (Lipinski definition) is 0. The quantitative estimate of drug-likeness (QED) is 0.160. The minimum absolute atomic E-state index is 0.969. The smallest absolute Gasteiger partial charge is 0.263 e. The maximum absolute atomic E-state index is 2.45. The largest absolute Gasteiger partial charge is 0.309 e. The first kappa shape index (κ1) is 29.0. The van der Waals surface area contributed by atoms with Gasteiger partial charge in [-0.05, 0) is 77.3 Å². The van der Waals surface area contributed by atoms with Crippen molar-refractivity contribution in [3.63, 3.8) is 0 Å². The molecule has 0 radical (unpaired) electrons. The second-order valence-electron chi connectivity index (χ2n) is 11.5. The first-order valence-electron chi connectivity index (χ1n) is 15.8. The highest BCUT2D eigenvalue weighted by molar-refractivity contribution is 7.19. The molecule has 0 atom stereocenters. The van der Waals surface area contributed by atoms with Crippen molar-refractivity contribution in [3.8, 4) is 11.1 Å². The lowest BCUT2D eigenvalue weighted by Crippen LogP contribution is -2.29. The number of allylic oxidation sites excluding steroid dienone is 2. The molecule has 0 amide bonds. The summed E-state index contributed by atoms with van der Waals surface area (Å²) < 4.78 is 3.61. The van der Waals surface area contributed by atoms with Gasteiger partial charge in [0.05, 0.1) is 11.4 Å². The van der Waals surface area contributed by atoms with Crippen LogP contribution >= 0.6 is 11.3 Å². The summed E-state index contributed by atoms with van der Waals surface area (Å²) in [7, 11) is 2.18. The van der Waals surface area contributed by atoms with Crippen LogP contribution in [0.15, 0.2) is 133 Å². The fraction of sp³-hybridized carbons (Fsp3) is 0.146. The molecule has 0 unspecified atom stereocenters. The number of thiazole rings is 1. The number of hydrogen-bond acceptors (Lipinski definition) is 3. The summed E-state index contributed by atoms with van der Waals surface area (Å²) in [6.45, 7) is 7.54. The molecule has 0 fully saturated rings. The zero-order chi connectivity index (χ0) is 30.8. The molecular weight excluding hydrogens is 567 g/mol. The lowest BCUT2D eigenvalue weighted by molar-refractivity contribution is -0.642. The normalized spacial score (nSPS) is 13.8. The third kappa shape index (κ3) is 5.75. The number of benzene rings is 5. The SMILES string of the molecule is CCN(CC)Cc1ccc(C2=CC(=Cc3sc4cc(-c5ccccc5)ccc4[n+]3C)c3ccccc3N2c2ccccc2)cc1. The van der Waals surface area contributed by atoms with Gasteiger partial charge in [-0.1, -0.05) is 116 Å². The molecule has 2 heterocycles. The number of nitrogens with zero attached hydrogens (tertiary/aromatic N) is 3. The molecule has 1 aliphatic rings. The highest BCUT2D eigenvalue weighted by Gasteiger charge is 2.26. The van der Waals surface area contributed by atoms with Gasteiger partial charge in [0.15, 0.2) is 0 Å². The number of fused-ring (bicyclic) bond motifs is 2. The van der Waals surface area contributed by atoms with E-state index in [0.29, 0.717) is 0 Å². The van der Waals surface area contributed by atoms with E-state index in [2.05, 4.69) is 175 Å². The fourth-order valence-electron chi connectivity index (χ4n) is 6.25. The Morgan fingerprint density at radius 1 is 0.711 bits per heavy atom. The van der Waals surface area contributed by atoms with Crippen LogP contribution in [-0.2, 0) is 13.6 Å². The summed E-state index contributed by atoms with van der Waals surface area (Å²) in [6.07, 6.45) is 4.73. The number of para-hydroxylation sites is 2. The predicted molar refractivity (Wildman–Crippen MR) is 192 cm³/mol. The third-order valence-electron chi connectivity index (χ3n) is 8.81. The van der Waals surface area contributed by atoms with Crippen LogP contribution in [0.4, 0.5) is 11.4 Å². The number of aryl methyl sites for hydroxylation is 1. The molecule has 0 N–H and O–H groups in total. The van der Waals surface area contributed by atoms with E-state index in [4.69, 9.17) is 0 Å². The molecule has 0 spiro atoms. The van der Waals surface area contributed by atoms with Gasteiger partial charge in [0.2, 0.25) is 5.52 Å². The summed E-state index contributed by atoms with van der Waals surface area (Å²) in [5.41, 5.74) is 12.2. The van der Waals surface area contributed by atoms with Crippen LogP contribution in [0.25, 0.3) is 38.7 Å². The van der Waals surface area contributed by atoms with Crippen molar-refractivity contribution in [3.05, 3.63) is 155 Å². The standard InChI is InChI=1S/C41H38N3S/c1-4-43(5-2)29-30-20-22-32(23-21-30)39-26-34(36-18-12-13-19-37(36)44(39)35-16-10-7-11-17-35)28-41-42(3)38-25-24-33(27-40(38)45-41)31-14-8-6-9-15-31/h6-28H,4-5,29H2,1-3H3/q+1. The molecular formula is C41H38N3S+. The first-order valence-corrected chi connectivity index (χ1v) is 16.6. The van der Waals surface area contributed by atoms with Gasteiger partial charge in [0, 0.05) is 29.9 Å². The van der Waals surface area contributed by atoms with Crippen molar-refractivity contribution in [1.82, 2.24) is 4.90 Å². The topological polar surface area (TPSA) is 10.4 Å². The van der Waals surface area contributed by atoms with Crippen LogP contribution in [0.2, 0.25) is 0 Å². The highest BCUT2D eigenvalue weighted by atomic mass is 32.1. The van der Waals surface area contributed by atoms with Crippen LogP contribution < -0.4 is 9.47 Å². The van der Waals surface area contributed by atoms with Crippen LogP contribution in [0.3, 0.4) is 0 Å². The Morgan fingerprint density at radius 3 is 2.11 bits per heavy atom. The van der Waals surface area contributed by atoms with E-state index >= 15 is 0 Å². The molecule has 7 rings (SSSR count). The maximum Gasteiger partial charge on any atom is 0.263 e. The molecule has 45 heavy (non-hydrogen) atoms. The number of anilines is 2. The van der Waals surface area contributed by atoms with E-state index in [-0.39, 0.29) is 0 Å². The Balaban J connectivity index is 1.35. The van der Waals surface area contributed by atoms with Crippen molar-refractivity contribution in [1.29, 1.82) is 0 Å². The van der Waals surface area contributed by atoms with Crippen LogP contribution in [0.1, 0.15) is 35.5 Å². The summed E-state index contributed by atoms with van der Waals surface area (Å²) >= 11 is 1.85. The summed E-state index contributed by atoms with van der Waals surface area (Å²) in [6, 6.07) is 46.1. The molecule has 1 aliphatic heterocycles. The third-order valence-corrected chi connectivity index (χ3v) is 9.95. The molecule has 3 nitrogen and oxygen atoms in total. The molecule has 222 valence electrons. The Hall–Kier alpha value is -4.77. The Kier molecular flexibility index (Phi) is 8.17. The maximum atomic E-state index is 2.45. The Labute approximate surface area is 270 Å².